The lowest BCUT2D eigenvalue weighted by molar-refractivity contribution is -0.140. The maximum Gasteiger partial charge on any atom is 0.224 e. The Morgan fingerprint density at radius 1 is 1.38 bits per heavy atom. The SMILES string of the molecule is O=C1CCN1CCC(O)c1ccc(F)cc1. The molecule has 1 fully saturated rings. The van der Waals surface area contributed by atoms with Crippen LogP contribution in [0.4, 0.5) is 4.39 Å². The van der Waals surface area contributed by atoms with Crippen molar-refractivity contribution in [2.75, 3.05) is 13.1 Å². The van der Waals surface area contributed by atoms with Crippen LogP contribution in [0.15, 0.2) is 24.3 Å². The van der Waals surface area contributed by atoms with Crippen LogP contribution in [0.2, 0.25) is 0 Å². The van der Waals surface area contributed by atoms with E-state index >= 15 is 0 Å². The number of aliphatic hydroxyl groups excluding tert-OH is 1. The van der Waals surface area contributed by atoms with E-state index < -0.39 is 6.10 Å². The molecule has 1 unspecified atom stereocenters. The largest absolute Gasteiger partial charge is 0.388 e. The van der Waals surface area contributed by atoms with E-state index in [9.17, 15) is 14.3 Å². The highest BCUT2D eigenvalue weighted by Gasteiger charge is 2.23. The zero-order chi connectivity index (χ0) is 11.5. The highest BCUT2D eigenvalue weighted by atomic mass is 19.1. The number of carbonyl (C=O) groups excluding carboxylic acids is 1. The Morgan fingerprint density at radius 3 is 2.56 bits per heavy atom. The van der Waals surface area contributed by atoms with Gasteiger partial charge in [-0.2, -0.15) is 0 Å². The summed E-state index contributed by atoms with van der Waals surface area (Å²) in [5.41, 5.74) is 0.689. The molecule has 1 aliphatic rings. The van der Waals surface area contributed by atoms with Gasteiger partial charge in [-0.25, -0.2) is 4.39 Å². The fourth-order valence-electron chi connectivity index (χ4n) is 1.73. The Morgan fingerprint density at radius 2 is 2.06 bits per heavy atom. The second-order valence-electron chi connectivity index (χ2n) is 3.99. The second kappa shape index (κ2) is 4.61. The Kier molecular flexibility index (Phi) is 3.19. The molecule has 1 heterocycles. The second-order valence-corrected chi connectivity index (χ2v) is 3.99. The molecule has 1 amide bonds. The number of hydrogen-bond donors (Lipinski definition) is 1. The maximum atomic E-state index is 12.6. The first kappa shape index (κ1) is 11.1. The standard InChI is InChI=1S/C12H14FNO2/c13-10-3-1-9(2-4-10)11(15)5-7-14-8-6-12(14)16/h1-4,11,15H,5-8H2. The maximum absolute atomic E-state index is 12.6. The molecule has 0 aliphatic carbocycles. The molecule has 4 heteroatoms. The Hall–Kier alpha value is -1.42. The molecule has 0 spiro atoms. The average molecular weight is 223 g/mol. The van der Waals surface area contributed by atoms with Crippen molar-refractivity contribution in [3.63, 3.8) is 0 Å². The normalized spacial score (nSPS) is 17.1. The van der Waals surface area contributed by atoms with Crippen LogP contribution < -0.4 is 0 Å². The van der Waals surface area contributed by atoms with Gasteiger partial charge in [0.2, 0.25) is 5.91 Å². The summed E-state index contributed by atoms with van der Waals surface area (Å²) >= 11 is 0. The summed E-state index contributed by atoms with van der Waals surface area (Å²) in [7, 11) is 0. The van der Waals surface area contributed by atoms with Crippen LogP contribution in [-0.2, 0) is 4.79 Å². The van der Waals surface area contributed by atoms with E-state index in [2.05, 4.69) is 0 Å². The molecule has 1 aromatic carbocycles. The Labute approximate surface area is 93.5 Å². The summed E-state index contributed by atoms with van der Waals surface area (Å²) < 4.78 is 12.6. The van der Waals surface area contributed by atoms with Crippen molar-refractivity contribution in [2.45, 2.75) is 18.9 Å². The predicted octanol–water partition coefficient (Wildman–Crippen LogP) is 1.48. The van der Waals surface area contributed by atoms with Gasteiger partial charge in [0.1, 0.15) is 5.82 Å². The van der Waals surface area contributed by atoms with Crippen LogP contribution in [0.5, 0.6) is 0 Å². The lowest BCUT2D eigenvalue weighted by Gasteiger charge is -2.31. The van der Waals surface area contributed by atoms with Gasteiger partial charge in [0.05, 0.1) is 6.10 Å². The molecule has 1 aliphatic heterocycles. The molecule has 1 atom stereocenters. The van der Waals surface area contributed by atoms with E-state index in [4.69, 9.17) is 0 Å². The van der Waals surface area contributed by atoms with Crippen molar-refractivity contribution in [1.82, 2.24) is 4.90 Å². The molecule has 16 heavy (non-hydrogen) atoms. The lowest BCUT2D eigenvalue weighted by atomic mass is 10.1. The van der Waals surface area contributed by atoms with Gasteiger partial charge in [0.25, 0.3) is 0 Å². The number of aliphatic hydroxyl groups is 1. The van der Waals surface area contributed by atoms with Crippen molar-refractivity contribution >= 4 is 5.91 Å². The van der Waals surface area contributed by atoms with Crippen LogP contribution >= 0.6 is 0 Å². The first-order valence-electron chi connectivity index (χ1n) is 5.38. The summed E-state index contributed by atoms with van der Waals surface area (Å²) in [5.74, 6) is -0.167. The molecule has 0 radical (unpaired) electrons. The minimum atomic E-state index is -0.631. The van der Waals surface area contributed by atoms with Crippen LogP contribution in [0, 0.1) is 5.82 Å². The van der Waals surface area contributed by atoms with Crippen molar-refractivity contribution in [3.05, 3.63) is 35.6 Å². The first-order chi connectivity index (χ1) is 7.66. The molecule has 1 N–H and O–H groups in total. The molecule has 86 valence electrons. The zero-order valence-corrected chi connectivity index (χ0v) is 8.90. The van der Waals surface area contributed by atoms with E-state index in [1.165, 1.54) is 12.1 Å². The van der Waals surface area contributed by atoms with Gasteiger partial charge < -0.3 is 10.0 Å². The Bertz CT molecular complexity index is 377. The van der Waals surface area contributed by atoms with Crippen molar-refractivity contribution in [3.8, 4) is 0 Å². The summed E-state index contributed by atoms with van der Waals surface area (Å²) in [6.07, 6.45) is 0.485. The summed E-state index contributed by atoms with van der Waals surface area (Å²) in [5, 5.41) is 9.81. The molecule has 0 aromatic heterocycles. The third-order valence-corrected chi connectivity index (χ3v) is 2.88. The number of β-lactam (4-membered cyclic amide) rings is 1. The van der Waals surface area contributed by atoms with Gasteiger partial charge in [-0.3, -0.25) is 4.79 Å². The predicted molar refractivity (Wildman–Crippen MR) is 57.2 cm³/mol. The molecular weight excluding hydrogens is 209 g/mol. The molecule has 0 bridgehead atoms. The topological polar surface area (TPSA) is 40.5 Å². The molecule has 1 saturated heterocycles. The van der Waals surface area contributed by atoms with Crippen LogP contribution in [0.1, 0.15) is 24.5 Å². The summed E-state index contributed by atoms with van der Waals surface area (Å²) in [6.45, 7) is 1.35. The third kappa shape index (κ3) is 2.39. The van der Waals surface area contributed by atoms with Gasteiger partial charge in [0.15, 0.2) is 0 Å². The van der Waals surface area contributed by atoms with E-state index in [1.807, 2.05) is 0 Å². The van der Waals surface area contributed by atoms with Gasteiger partial charge in [-0.15, -0.1) is 0 Å². The van der Waals surface area contributed by atoms with Gasteiger partial charge in [-0.1, -0.05) is 12.1 Å². The quantitative estimate of drug-likeness (QED) is 0.785. The van der Waals surface area contributed by atoms with E-state index in [0.717, 1.165) is 6.54 Å². The number of likely N-dealkylation sites (tertiary alicyclic amines) is 1. The number of nitrogens with zero attached hydrogens (tertiary/aromatic N) is 1. The van der Waals surface area contributed by atoms with Crippen molar-refractivity contribution in [2.24, 2.45) is 0 Å². The number of rotatable bonds is 4. The third-order valence-electron chi connectivity index (χ3n) is 2.88. The average Bonchev–Trinajstić information content (AvgIpc) is 2.28. The Balaban J connectivity index is 1.85. The molecule has 0 saturated carbocycles. The minimum absolute atomic E-state index is 0.145. The van der Waals surface area contributed by atoms with Crippen molar-refractivity contribution < 1.29 is 14.3 Å². The highest BCUT2D eigenvalue weighted by molar-refractivity contribution is 5.81. The van der Waals surface area contributed by atoms with Crippen molar-refractivity contribution in [1.29, 1.82) is 0 Å². The van der Waals surface area contributed by atoms with E-state index in [1.54, 1.807) is 17.0 Å². The van der Waals surface area contributed by atoms with Crippen LogP contribution in [0.3, 0.4) is 0 Å². The number of benzene rings is 1. The highest BCUT2D eigenvalue weighted by Crippen LogP contribution is 2.19. The number of halogens is 1. The van der Waals surface area contributed by atoms with Crippen LogP contribution in [0.25, 0.3) is 0 Å². The molecule has 2 rings (SSSR count). The number of carbonyl (C=O) groups is 1. The fraction of sp³-hybridized carbons (Fsp3) is 0.417. The van der Waals surface area contributed by atoms with E-state index in [-0.39, 0.29) is 11.7 Å². The smallest absolute Gasteiger partial charge is 0.224 e. The van der Waals surface area contributed by atoms with Gasteiger partial charge >= 0.3 is 0 Å². The number of amides is 1. The zero-order valence-electron chi connectivity index (χ0n) is 8.90. The molecule has 3 nitrogen and oxygen atoms in total. The minimum Gasteiger partial charge on any atom is -0.388 e. The molecule has 1 aromatic rings. The molecular formula is C12H14FNO2. The summed E-state index contributed by atoms with van der Waals surface area (Å²) in [6, 6.07) is 5.79. The monoisotopic (exact) mass is 223 g/mol. The van der Waals surface area contributed by atoms with E-state index in [0.29, 0.717) is 24.9 Å². The lowest BCUT2D eigenvalue weighted by Crippen LogP contribution is -2.44. The van der Waals surface area contributed by atoms with Crippen LogP contribution in [-0.4, -0.2) is 29.0 Å². The van der Waals surface area contributed by atoms with Gasteiger partial charge in [0, 0.05) is 19.5 Å². The summed E-state index contributed by atoms with van der Waals surface area (Å²) in [4.78, 5) is 12.7. The first-order valence-corrected chi connectivity index (χ1v) is 5.38. The fourth-order valence-corrected chi connectivity index (χ4v) is 1.73. The van der Waals surface area contributed by atoms with Gasteiger partial charge in [-0.05, 0) is 24.1 Å². The number of hydrogen-bond acceptors (Lipinski definition) is 2.